The van der Waals surface area contributed by atoms with Gasteiger partial charge in [-0.05, 0) is 57.4 Å². The van der Waals surface area contributed by atoms with Gasteiger partial charge < -0.3 is 20.1 Å². The number of aromatic nitrogens is 2. The summed E-state index contributed by atoms with van der Waals surface area (Å²) in [5, 5.41) is 11.1. The molecule has 7 nitrogen and oxygen atoms in total. The lowest BCUT2D eigenvalue weighted by Gasteiger charge is -2.20. The number of guanidine groups is 1. The van der Waals surface area contributed by atoms with Gasteiger partial charge in [-0.1, -0.05) is 13.0 Å². The van der Waals surface area contributed by atoms with Crippen molar-refractivity contribution in [2.45, 2.75) is 47.2 Å². The summed E-state index contributed by atoms with van der Waals surface area (Å²) in [6.07, 6.45) is 3.78. The normalized spacial score (nSPS) is 13.6. The molecule has 0 aliphatic heterocycles. The third-order valence-corrected chi connectivity index (χ3v) is 4.38. The molecule has 1 aromatic carbocycles. The van der Waals surface area contributed by atoms with Crippen LogP contribution in [0.4, 0.5) is 0 Å². The van der Waals surface area contributed by atoms with Crippen LogP contribution in [0.15, 0.2) is 41.7 Å². The molecule has 2 atom stereocenters. The Morgan fingerprint density at radius 1 is 1.14 bits per heavy atom. The fourth-order valence-corrected chi connectivity index (χ4v) is 2.98. The van der Waals surface area contributed by atoms with Crippen molar-refractivity contribution >= 4 is 5.96 Å². The molecule has 1 aromatic heterocycles. The third kappa shape index (κ3) is 7.33. The van der Waals surface area contributed by atoms with Crippen LogP contribution in [0.2, 0.25) is 0 Å². The van der Waals surface area contributed by atoms with E-state index in [0.717, 1.165) is 42.7 Å². The summed E-state index contributed by atoms with van der Waals surface area (Å²) < 4.78 is 13.4. The zero-order valence-corrected chi connectivity index (χ0v) is 18.3. The Morgan fingerprint density at radius 3 is 2.55 bits per heavy atom. The highest BCUT2D eigenvalue weighted by Crippen LogP contribution is 2.30. The van der Waals surface area contributed by atoms with E-state index in [0.29, 0.717) is 19.1 Å². The lowest BCUT2D eigenvalue weighted by atomic mass is 10.1. The molecule has 160 valence electrons. The molecule has 2 unspecified atom stereocenters. The van der Waals surface area contributed by atoms with Crippen LogP contribution in [0, 0.1) is 5.92 Å². The summed E-state index contributed by atoms with van der Waals surface area (Å²) in [4.78, 5) is 4.76. The quantitative estimate of drug-likeness (QED) is 0.444. The van der Waals surface area contributed by atoms with Gasteiger partial charge in [0.25, 0.3) is 0 Å². The Balaban J connectivity index is 2.03. The monoisotopic (exact) mass is 401 g/mol. The van der Waals surface area contributed by atoms with E-state index in [2.05, 4.69) is 42.6 Å². The molecule has 0 radical (unpaired) electrons. The van der Waals surface area contributed by atoms with Gasteiger partial charge >= 0.3 is 0 Å². The number of benzene rings is 1. The number of hydrogen-bond acceptors (Lipinski definition) is 4. The van der Waals surface area contributed by atoms with Gasteiger partial charge in [0.1, 0.15) is 0 Å². The first-order valence-corrected chi connectivity index (χ1v) is 10.5. The molecule has 2 rings (SSSR count). The Kier molecular flexibility index (Phi) is 9.34. The molecule has 0 fully saturated rings. The fourth-order valence-electron chi connectivity index (χ4n) is 2.98. The molecular formula is C22H35N5O2. The molecule has 0 saturated carbocycles. The summed E-state index contributed by atoms with van der Waals surface area (Å²) in [5.41, 5.74) is 1.12. The minimum absolute atomic E-state index is 0.0732. The fraction of sp³-hybridized carbons (Fsp3) is 0.545. The number of rotatable bonds is 11. The summed E-state index contributed by atoms with van der Waals surface area (Å²) in [6, 6.07) is 8.09. The van der Waals surface area contributed by atoms with Crippen LogP contribution < -0.4 is 20.1 Å². The molecule has 7 heteroatoms. The number of nitrogens with zero attached hydrogens (tertiary/aromatic N) is 3. The number of aliphatic imine (C=N–C) groups is 1. The van der Waals surface area contributed by atoms with Crippen LogP contribution in [0.1, 0.15) is 46.2 Å². The van der Waals surface area contributed by atoms with E-state index in [4.69, 9.17) is 14.5 Å². The predicted molar refractivity (Wildman–Crippen MR) is 118 cm³/mol. The zero-order chi connectivity index (χ0) is 21.1. The van der Waals surface area contributed by atoms with E-state index in [1.165, 1.54) is 0 Å². The van der Waals surface area contributed by atoms with Crippen LogP contribution >= 0.6 is 0 Å². The maximum Gasteiger partial charge on any atom is 0.191 e. The molecule has 0 spiro atoms. The van der Waals surface area contributed by atoms with Gasteiger partial charge in [-0.15, -0.1) is 0 Å². The Bertz CT molecular complexity index is 746. The Labute approximate surface area is 174 Å². The van der Waals surface area contributed by atoms with E-state index < -0.39 is 0 Å². The molecule has 29 heavy (non-hydrogen) atoms. The predicted octanol–water partition coefficient (Wildman–Crippen LogP) is 3.63. The van der Waals surface area contributed by atoms with Crippen LogP contribution in [-0.2, 0) is 6.54 Å². The standard InChI is InChI=1S/C22H35N5O2/c1-6-23-22(24-15-17(4)16-27-13-9-12-25-27)26-18(5)19-10-11-20(28-7-2)21(14-19)29-8-3/h9-14,17-18H,6-8,15-16H2,1-5H3,(H2,23,24,26). The first-order valence-electron chi connectivity index (χ1n) is 10.5. The molecule has 0 amide bonds. The van der Waals surface area contributed by atoms with Gasteiger partial charge in [-0.25, -0.2) is 0 Å². The van der Waals surface area contributed by atoms with Crippen molar-refractivity contribution in [2.75, 3.05) is 26.3 Å². The first kappa shape index (κ1) is 22.6. The van der Waals surface area contributed by atoms with Crippen molar-refractivity contribution < 1.29 is 9.47 Å². The van der Waals surface area contributed by atoms with Crippen molar-refractivity contribution in [1.29, 1.82) is 0 Å². The van der Waals surface area contributed by atoms with Crippen LogP contribution in [0.3, 0.4) is 0 Å². The summed E-state index contributed by atoms with van der Waals surface area (Å²) in [7, 11) is 0. The highest BCUT2D eigenvalue weighted by molar-refractivity contribution is 5.80. The molecule has 0 saturated heterocycles. The second-order valence-electron chi connectivity index (χ2n) is 6.99. The molecule has 1 heterocycles. The second-order valence-corrected chi connectivity index (χ2v) is 6.99. The van der Waals surface area contributed by atoms with Gasteiger partial charge in [-0.2, -0.15) is 5.10 Å². The molecule has 0 aliphatic rings. The maximum atomic E-state index is 5.75. The highest BCUT2D eigenvalue weighted by Gasteiger charge is 2.13. The molecule has 2 N–H and O–H groups in total. The second kappa shape index (κ2) is 12.0. The number of nitrogens with one attached hydrogen (secondary N) is 2. The van der Waals surface area contributed by atoms with E-state index in [1.54, 1.807) is 6.20 Å². The van der Waals surface area contributed by atoms with Crippen molar-refractivity contribution in [3.63, 3.8) is 0 Å². The summed E-state index contributed by atoms with van der Waals surface area (Å²) in [5.74, 6) is 2.74. The van der Waals surface area contributed by atoms with E-state index in [-0.39, 0.29) is 6.04 Å². The summed E-state index contributed by atoms with van der Waals surface area (Å²) >= 11 is 0. The zero-order valence-electron chi connectivity index (χ0n) is 18.3. The van der Waals surface area contributed by atoms with E-state index in [1.807, 2.05) is 42.9 Å². The van der Waals surface area contributed by atoms with Gasteiger partial charge in [0.15, 0.2) is 17.5 Å². The van der Waals surface area contributed by atoms with Gasteiger partial charge in [-0.3, -0.25) is 9.67 Å². The van der Waals surface area contributed by atoms with Crippen LogP contribution in [-0.4, -0.2) is 42.0 Å². The summed E-state index contributed by atoms with van der Waals surface area (Å²) in [6.45, 7) is 13.9. The third-order valence-electron chi connectivity index (χ3n) is 4.38. The number of ether oxygens (including phenoxy) is 2. The van der Waals surface area contributed by atoms with E-state index in [9.17, 15) is 0 Å². The highest BCUT2D eigenvalue weighted by atomic mass is 16.5. The SMILES string of the molecule is CCNC(=NCC(C)Cn1cccn1)NC(C)c1ccc(OCC)c(OCC)c1. The molecule has 2 aromatic rings. The molecule has 0 aliphatic carbocycles. The average molecular weight is 402 g/mol. The lowest BCUT2D eigenvalue weighted by Crippen LogP contribution is -2.39. The van der Waals surface area contributed by atoms with Crippen molar-refractivity contribution in [3.05, 3.63) is 42.2 Å². The minimum Gasteiger partial charge on any atom is -0.490 e. The largest absolute Gasteiger partial charge is 0.490 e. The van der Waals surface area contributed by atoms with Crippen LogP contribution in [0.5, 0.6) is 11.5 Å². The smallest absolute Gasteiger partial charge is 0.191 e. The minimum atomic E-state index is 0.0732. The Morgan fingerprint density at radius 2 is 1.90 bits per heavy atom. The molecule has 0 bridgehead atoms. The van der Waals surface area contributed by atoms with Gasteiger partial charge in [0.2, 0.25) is 0 Å². The molecular weight excluding hydrogens is 366 g/mol. The Hall–Kier alpha value is -2.70. The van der Waals surface area contributed by atoms with Gasteiger partial charge in [0, 0.05) is 32.0 Å². The van der Waals surface area contributed by atoms with Crippen molar-refractivity contribution in [1.82, 2.24) is 20.4 Å². The maximum absolute atomic E-state index is 5.75. The van der Waals surface area contributed by atoms with Crippen LogP contribution in [0.25, 0.3) is 0 Å². The first-order chi connectivity index (χ1) is 14.1. The lowest BCUT2D eigenvalue weighted by molar-refractivity contribution is 0.287. The number of hydrogen-bond donors (Lipinski definition) is 2. The van der Waals surface area contributed by atoms with Gasteiger partial charge in [0.05, 0.1) is 19.3 Å². The topological polar surface area (TPSA) is 72.7 Å². The average Bonchev–Trinajstić information content (AvgIpc) is 3.21. The van der Waals surface area contributed by atoms with Crippen molar-refractivity contribution in [3.8, 4) is 11.5 Å². The van der Waals surface area contributed by atoms with Crippen molar-refractivity contribution in [2.24, 2.45) is 10.9 Å². The van der Waals surface area contributed by atoms with E-state index >= 15 is 0 Å².